The summed E-state index contributed by atoms with van der Waals surface area (Å²) in [4.78, 5) is 57.9. The summed E-state index contributed by atoms with van der Waals surface area (Å²) in [5, 5.41) is 17.5. The molecule has 5 N–H and O–H groups in total. The highest BCUT2D eigenvalue weighted by molar-refractivity contribution is 6.06. The molecule has 2 aliphatic rings. The number of amides is 4. The second-order valence-electron chi connectivity index (χ2n) is 17.5. The zero-order chi connectivity index (χ0) is 43.5. The number of aromatic amines is 1. The van der Waals surface area contributed by atoms with E-state index in [1.165, 1.54) is 5.69 Å². The third-order valence-corrected chi connectivity index (χ3v) is 11.8. The molecule has 0 saturated carbocycles. The highest BCUT2D eigenvalue weighted by Gasteiger charge is 2.27. The second kappa shape index (κ2) is 17.8. The van der Waals surface area contributed by atoms with E-state index in [2.05, 4.69) is 99.8 Å². The standard InChI is InChI=1S/C47H55N11O4/c1-28-23-33(9-13-36(28)30(3)52-43(60)44-55-45(56-62-44)47(4,5)6)41-37-25-38(53-42(37)51-27-50-41)32-7-10-34(11-8-32)49-19-18-48-26-31-15-20-57(21-16-31)35-12-14-39(29(2)24-35)58-22-17-40(59)54-46(58)61/h7-14,23-25,27,30-31,48-49H,15-22,26H2,1-6H3,(H,52,60)(H,50,51,53)(H,54,59,61)/t30-/m1/s1. The lowest BCUT2D eigenvalue weighted by molar-refractivity contribution is -0.120. The van der Waals surface area contributed by atoms with Gasteiger partial charge in [0.2, 0.25) is 5.91 Å². The van der Waals surface area contributed by atoms with E-state index < -0.39 is 5.91 Å². The fraction of sp³-hybridized carbons (Fsp3) is 0.383. The Morgan fingerprint density at radius 1 is 0.919 bits per heavy atom. The van der Waals surface area contributed by atoms with Gasteiger partial charge in [-0.3, -0.25) is 19.8 Å². The normalized spacial score (nSPS) is 15.5. The van der Waals surface area contributed by atoms with Crippen molar-refractivity contribution in [2.45, 2.75) is 72.3 Å². The monoisotopic (exact) mass is 837 g/mol. The average molecular weight is 838 g/mol. The van der Waals surface area contributed by atoms with Crippen molar-refractivity contribution in [2.75, 3.05) is 54.4 Å². The summed E-state index contributed by atoms with van der Waals surface area (Å²) in [6.45, 7) is 17.0. The van der Waals surface area contributed by atoms with Crippen molar-refractivity contribution in [3.8, 4) is 22.5 Å². The van der Waals surface area contributed by atoms with Gasteiger partial charge in [0.25, 0.3) is 0 Å². The van der Waals surface area contributed by atoms with E-state index in [1.807, 2.05) is 59.7 Å². The quantitative estimate of drug-likeness (QED) is 0.0728. The molecule has 322 valence electrons. The Hall–Kier alpha value is -6.61. The molecule has 0 aliphatic carbocycles. The number of benzene rings is 3. The second-order valence-corrected chi connectivity index (χ2v) is 17.5. The van der Waals surface area contributed by atoms with Crippen molar-refractivity contribution in [1.82, 2.24) is 41.0 Å². The van der Waals surface area contributed by atoms with Crippen LogP contribution in [0.15, 0.2) is 77.6 Å². The van der Waals surface area contributed by atoms with Crippen molar-refractivity contribution < 1.29 is 18.9 Å². The van der Waals surface area contributed by atoms with Crippen LogP contribution in [-0.2, 0) is 10.2 Å². The summed E-state index contributed by atoms with van der Waals surface area (Å²) >= 11 is 0. The molecule has 15 heteroatoms. The Bertz CT molecular complexity index is 2590. The summed E-state index contributed by atoms with van der Waals surface area (Å²) in [7, 11) is 0. The van der Waals surface area contributed by atoms with Gasteiger partial charge in [-0.1, -0.05) is 50.2 Å². The molecule has 5 heterocycles. The predicted octanol–water partition coefficient (Wildman–Crippen LogP) is 7.44. The first kappa shape index (κ1) is 42.1. The van der Waals surface area contributed by atoms with E-state index in [0.29, 0.717) is 24.7 Å². The number of piperidine rings is 1. The van der Waals surface area contributed by atoms with Crippen LogP contribution >= 0.6 is 0 Å². The van der Waals surface area contributed by atoms with Gasteiger partial charge >= 0.3 is 17.8 Å². The molecule has 0 spiro atoms. The number of nitrogens with zero attached hydrogens (tertiary/aromatic N) is 6. The van der Waals surface area contributed by atoms with E-state index >= 15 is 0 Å². The Morgan fingerprint density at radius 2 is 1.69 bits per heavy atom. The van der Waals surface area contributed by atoms with Gasteiger partial charge in [0.05, 0.1) is 11.7 Å². The number of H-pyrrole nitrogens is 1. The number of hydrogen-bond acceptors (Lipinski definition) is 11. The summed E-state index contributed by atoms with van der Waals surface area (Å²) in [6.07, 6.45) is 4.14. The van der Waals surface area contributed by atoms with E-state index in [0.717, 1.165) is 107 Å². The number of nitrogens with one attached hydrogen (secondary N) is 5. The maximum atomic E-state index is 12.9. The fourth-order valence-electron chi connectivity index (χ4n) is 8.29. The lowest BCUT2D eigenvalue weighted by Crippen LogP contribution is -2.49. The maximum Gasteiger partial charge on any atom is 0.328 e. The average Bonchev–Trinajstić information content (AvgIpc) is 3.94. The molecule has 3 aromatic heterocycles. The Kier molecular flexibility index (Phi) is 12.1. The van der Waals surface area contributed by atoms with E-state index in [9.17, 15) is 14.4 Å². The van der Waals surface area contributed by atoms with Crippen molar-refractivity contribution >= 4 is 45.9 Å². The number of rotatable bonds is 13. The first-order valence-corrected chi connectivity index (χ1v) is 21.4. The number of aromatic nitrogens is 5. The summed E-state index contributed by atoms with van der Waals surface area (Å²) < 4.78 is 5.24. The molecule has 0 unspecified atom stereocenters. The summed E-state index contributed by atoms with van der Waals surface area (Å²) in [6, 6.07) is 22.3. The van der Waals surface area contributed by atoms with Gasteiger partial charge < -0.3 is 30.4 Å². The first-order chi connectivity index (χ1) is 29.8. The molecular weight excluding hydrogens is 783 g/mol. The van der Waals surface area contributed by atoms with Gasteiger partial charge in [-0.2, -0.15) is 4.98 Å². The predicted molar refractivity (Wildman–Crippen MR) is 241 cm³/mol. The lowest BCUT2D eigenvalue weighted by Gasteiger charge is -2.34. The molecule has 6 aromatic rings. The van der Waals surface area contributed by atoms with Crippen LogP contribution in [0.2, 0.25) is 0 Å². The van der Waals surface area contributed by atoms with Crippen LogP contribution in [0.3, 0.4) is 0 Å². The van der Waals surface area contributed by atoms with Gasteiger partial charge in [0.1, 0.15) is 12.0 Å². The number of hydrogen-bond donors (Lipinski definition) is 5. The van der Waals surface area contributed by atoms with Crippen molar-refractivity contribution in [1.29, 1.82) is 0 Å². The molecule has 2 aliphatic heterocycles. The molecule has 0 bridgehead atoms. The molecule has 15 nitrogen and oxygen atoms in total. The van der Waals surface area contributed by atoms with Crippen LogP contribution in [0.4, 0.5) is 21.9 Å². The minimum Gasteiger partial charge on any atom is -0.384 e. The van der Waals surface area contributed by atoms with Crippen LogP contribution in [-0.4, -0.2) is 82.2 Å². The lowest BCUT2D eigenvalue weighted by atomic mass is 9.96. The van der Waals surface area contributed by atoms with Gasteiger partial charge in [-0.15, -0.1) is 0 Å². The number of imide groups is 1. The number of fused-ring (bicyclic) bond motifs is 1. The molecular formula is C47H55N11O4. The minimum absolute atomic E-state index is 0.0494. The fourth-order valence-corrected chi connectivity index (χ4v) is 8.29. The van der Waals surface area contributed by atoms with E-state index in [4.69, 9.17) is 4.52 Å². The number of urea groups is 1. The molecule has 1 atom stereocenters. The van der Waals surface area contributed by atoms with Crippen LogP contribution in [0.25, 0.3) is 33.5 Å². The first-order valence-electron chi connectivity index (χ1n) is 21.4. The Labute approximate surface area is 361 Å². The van der Waals surface area contributed by atoms with Crippen LogP contribution in [0.5, 0.6) is 0 Å². The van der Waals surface area contributed by atoms with Crippen LogP contribution in [0.1, 0.15) is 86.2 Å². The third-order valence-electron chi connectivity index (χ3n) is 11.8. The highest BCUT2D eigenvalue weighted by Crippen LogP contribution is 2.33. The van der Waals surface area contributed by atoms with Gasteiger partial charge in [0.15, 0.2) is 5.82 Å². The van der Waals surface area contributed by atoms with Gasteiger partial charge in [-0.25, -0.2) is 14.8 Å². The number of carbonyl (C=O) groups excluding carboxylic acids is 3. The van der Waals surface area contributed by atoms with Gasteiger partial charge in [-0.05, 0) is 111 Å². The molecule has 3 aromatic carbocycles. The highest BCUT2D eigenvalue weighted by atomic mass is 16.5. The van der Waals surface area contributed by atoms with E-state index in [-0.39, 0.29) is 29.3 Å². The smallest absolute Gasteiger partial charge is 0.328 e. The molecule has 4 amide bonds. The molecule has 0 radical (unpaired) electrons. The van der Waals surface area contributed by atoms with Crippen molar-refractivity contribution in [3.63, 3.8) is 0 Å². The largest absolute Gasteiger partial charge is 0.384 e. The Morgan fingerprint density at radius 3 is 2.40 bits per heavy atom. The van der Waals surface area contributed by atoms with Crippen LogP contribution in [0, 0.1) is 19.8 Å². The van der Waals surface area contributed by atoms with Gasteiger partial charge in [0, 0.05) is 78.3 Å². The number of carbonyl (C=O) groups is 3. The molecule has 62 heavy (non-hydrogen) atoms. The van der Waals surface area contributed by atoms with Crippen LogP contribution < -0.4 is 31.1 Å². The number of aryl methyl sites for hydroxylation is 2. The Balaban J connectivity index is 0.799. The topological polar surface area (TPSA) is 186 Å². The zero-order valence-electron chi connectivity index (χ0n) is 36.3. The molecule has 8 rings (SSSR count). The van der Waals surface area contributed by atoms with Crippen molar-refractivity contribution in [3.05, 3.63) is 101 Å². The van der Waals surface area contributed by atoms with Crippen molar-refractivity contribution in [2.24, 2.45) is 5.92 Å². The summed E-state index contributed by atoms with van der Waals surface area (Å²) in [5.41, 5.74) is 10.3. The molecule has 2 saturated heterocycles. The summed E-state index contributed by atoms with van der Waals surface area (Å²) in [5.74, 6) is 0.430. The molecule has 2 fully saturated rings. The van der Waals surface area contributed by atoms with E-state index in [1.54, 1.807) is 11.2 Å². The number of anilines is 3. The SMILES string of the molecule is Cc1cc(-c2ncnc3[nH]c(-c4ccc(NCCNCC5CCN(c6ccc(N7CCC(=O)NC7=O)c(C)c6)CC5)cc4)cc23)ccc1[C@@H](C)NC(=O)c1nc(C(C)(C)C)no1. The zero-order valence-corrected chi connectivity index (χ0v) is 36.3. The third kappa shape index (κ3) is 9.32. The maximum absolute atomic E-state index is 12.9. The minimum atomic E-state index is -0.410.